The molecule has 0 saturated carbocycles. The molecule has 0 heterocycles. The molecule has 0 aliphatic rings. The second kappa shape index (κ2) is 6.12. The molecule has 4 nitrogen and oxygen atoms in total. The maximum Gasteiger partial charge on any atom is 0.274 e. The van der Waals surface area contributed by atoms with Gasteiger partial charge in [-0.2, -0.15) is 0 Å². The van der Waals surface area contributed by atoms with Gasteiger partial charge >= 0.3 is 0 Å². The summed E-state index contributed by atoms with van der Waals surface area (Å²) in [6, 6.07) is 5.47. The number of benzene rings is 1. The van der Waals surface area contributed by atoms with Gasteiger partial charge in [0.25, 0.3) is 5.69 Å². The first kappa shape index (κ1) is 14.1. The first-order valence-corrected chi connectivity index (χ1v) is 6.41. The summed E-state index contributed by atoms with van der Waals surface area (Å²) in [6.07, 6.45) is 0.866. The molecule has 0 spiro atoms. The minimum absolute atomic E-state index is 0.147. The molecule has 94 valence electrons. The van der Waals surface area contributed by atoms with Crippen molar-refractivity contribution >= 4 is 21.6 Å². The molecule has 2 unspecified atom stereocenters. The molecule has 0 fully saturated rings. The molecule has 17 heavy (non-hydrogen) atoms. The summed E-state index contributed by atoms with van der Waals surface area (Å²) in [5, 5.41) is 14.2. The lowest BCUT2D eigenvalue weighted by molar-refractivity contribution is -0.385. The van der Waals surface area contributed by atoms with Gasteiger partial charge in [0.2, 0.25) is 0 Å². The Morgan fingerprint density at radius 3 is 2.65 bits per heavy atom. The highest BCUT2D eigenvalue weighted by Gasteiger charge is 2.24. The van der Waals surface area contributed by atoms with Crippen LogP contribution in [0.25, 0.3) is 0 Å². The van der Waals surface area contributed by atoms with Gasteiger partial charge in [-0.25, -0.2) is 0 Å². The number of halogens is 1. The van der Waals surface area contributed by atoms with Crippen molar-refractivity contribution in [2.45, 2.75) is 32.2 Å². The summed E-state index contributed by atoms with van der Waals surface area (Å²) in [4.78, 5) is 10.8. The smallest absolute Gasteiger partial charge is 0.274 e. The van der Waals surface area contributed by atoms with Crippen LogP contribution in [0.3, 0.4) is 0 Å². The van der Waals surface area contributed by atoms with E-state index in [9.17, 15) is 10.1 Å². The first-order valence-electron chi connectivity index (χ1n) is 5.62. The Labute approximate surface area is 110 Å². The van der Waals surface area contributed by atoms with E-state index in [1.54, 1.807) is 6.07 Å². The number of hydrogen-bond donors (Lipinski definition) is 1. The summed E-state index contributed by atoms with van der Waals surface area (Å²) in [5.74, 6) is 0.147. The van der Waals surface area contributed by atoms with Gasteiger partial charge in [0.1, 0.15) is 0 Å². The molecular formula is C12H17BrN2O2. The Balaban J connectivity index is 3.23. The van der Waals surface area contributed by atoms with Crippen LogP contribution in [0.15, 0.2) is 22.7 Å². The van der Waals surface area contributed by atoms with E-state index >= 15 is 0 Å². The van der Waals surface area contributed by atoms with E-state index in [2.05, 4.69) is 21.2 Å². The zero-order valence-corrected chi connectivity index (χ0v) is 11.8. The molecule has 5 heteroatoms. The third-order valence-electron chi connectivity index (χ3n) is 3.09. The standard InChI is InChI=1S/C12H17BrN2O2/c1-4-10(8(2)14-3)11-6-5-9(13)7-12(11)15(16)17/h5-8,10,14H,4H2,1-3H3. The summed E-state index contributed by atoms with van der Waals surface area (Å²) < 4.78 is 0.736. The second-order valence-electron chi connectivity index (χ2n) is 4.05. The number of nitrogens with zero attached hydrogens (tertiary/aromatic N) is 1. The van der Waals surface area contributed by atoms with Gasteiger partial charge in [-0.05, 0) is 26.5 Å². The van der Waals surface area contributed by atoms with Crippen LogP contribution in [0.4, 0.5) is 5.69 Å². The third-order valence-corrected chi connectivity index (χ3v) is 3.58. The molecule has 2 atom stereocenters. The maximum absolute atomic E-state index is 11.1. The van der Waals surface area contributed by atoms with E-state index in [4.69, 9.17) is 0 Å². The highest BCUT2D eigenvalue weighted by molar-refractivity contribution is 9.10. The highest BCUT2D eigenvalue weighted by atomic mass is 79.9. The van der Waals surface area contributed by atoms with E-state index in [-0.39, 0.29) is 22.6 Å². The van der Waals surface area contributed by atoms with Crippen molar-refractivity contribution in [3.8, 4) is 0 Å². The minimum Gasteiger partial charge on any atom is -0.317 e. The molecule has 0 bridgehead atoms. The molecule has 1 rings (SSSR count). The summed E-state index contributed by atoms with van der Waals surface area (Å²) in [7, 11) is 1.87. The van der Waals surface area contributed by atoms with Crippen LogP contribution in [0.2, 0.25) is 0 Å². The summed E-state index contributed by atoms with van der Waals surface area (Å²) in [6.45, 7) is 4.09. The average molecular weight is 301 g/mol. The number of hydrogen-bond acceptors (Lipinski definition) is 3. The third kappa shape index (κ3) is 3.26. The molecule has 1 aromatic carbocycles. The van der Waals surface area contributed by atoms with Crippen molar-refractivity contribution in [1.29, 1.82) is 0 Å². The fraction of sp³-hybridized carbons (Fsp3) is 0.500. The number of nitro groups is 1. The molecule has 0 saturated heterocycles. The lowest BCUT2D eigenvalue weighted by atomic mass is 9.89. The predicted octanol–water partition coefficient (Wildman–Crippen LogP) is 3.46. The van der Waals surface area contributed by atoms with Crippen molar-refractivity contribution in [3.05, 3.63) is 38.3 Å². The zero-order valence-electron chi connectivity index (χ0n) is 10.2. The molecule has 0 amide bonds. The van der Waals surface area contributed by atoms with E-state index in [0.29, 0.717) is 0 Å². The Morgan fingerprint density at radius 2 is 2.18 bits per heavy atom. The molecule has 0 aliphatic heterocycles. The number of likely N-dealkylation sites (N-methyl/N-ethyl adjacent to an activating group) is 1. The maximum atomic E-state index is 11.1. The lowest BCUT2D eigenvalue weighted by Crippen LogP contribution is -2.29. The van der Waals surface area contributed by atoms with Crippen LogP contribution in [0.1, 0.15) is 31.7 Å². The van der Waals surface area contributed by atoms with Crippen LogP contribution < -0.4 is 5.32 Å². The van der Waals surface area contributed by atoms with Gasteiger partial charge in [-0.1, -0.05) is 28.9 Å². The lowest BCUT2D eigenvalue weighted by Gasteiger charge is -2.22. The zero-order chi connectivity index (χ0) is 13.0. The molecule has 1 N–H and O–H groups in total. The fourth-order valence-electron chi connectivity index (χ4n) is 2.03. The fourth-order valence-corrected chi connectivity index (χ4v) is 2.38. The quantitative estimate of drug-likeness (QED) is 0.669. The molecule has 0 aromatic heterocycles. The van der Waals surface area contributed by atoms with Crippen molar-refractivity contribution < 1.29 is 4.92 Å². The summed E-state index contributed by atoms with van der Waals surface area (Å²) >= 11 is 3.27. The van der Waals surface area contributed by atoms with Crippen molar-refractivity contribution in [2.75, 3.05) is 7.05 Å². The Kier molecular flexibility index (Phi) is 5.08. The largest absolute Gasteiger partial charge is 0.317 e. The van der Waals surface area contributed by atoms with Crippen LogP contribution in [0, 0.1) is 10.1 Å². The predicted molar refractivity (Wildman–Crippen MR) is 72.4 cm³/mol. The minimum atomic E-state index is -0.314. The van der Waals surface area contributed by atoms with Gasteiger partial charge in [-0.3, -0.25) is 10.1 Å². The van der Waals surface area contributed by atoms with Crippen molar-refractivity contribution in [1.82, 2.24) is 5.32 Å². The van der Waals surface area contributed by atoms with Crippen LogP contribution in [-0.2, 0) is 0 Å². The second-order valence-corrected chi connectivity index (χ2v) is 4.97. The summed E-state index contributed by atoms with van der Waals surface area (Å²) in [5.41, 5.74) is 0.982. The van der Waals surface area contributed by atoms with Gasteiger partial charge in [0, 0.05) is 28.1 Å². The monoisotopic (exact) mass is 300 g/mol. The van der Waals surface area contributed by atoms with Gasteiger partial charge < -0.3 is 5.32 Å². The molecule has 0 radical (unpaired) electrons. The Morgan fingerprint density at radius 1 is 1.53 bits per heavy atom. The molecule has 0 aliphatic carbocycles. The molecular weight excluding hydrogens is 284 g/mol. The highest BCUT2D eigenvalue weighted by Crippen LogP contribution is 2.33. The average Bonchev–Trinajstić information content (AvgIpc) is 2.31. The van der Waals surface area contributed by atoms with Gasteiger partial charge in [-0.15, -0.1) is 0 Å². The van der Waals surface area contributed by atoms with Gasteiger partial charge in [0.05, 0.1) is 4.92 Å². The topological polar surface area (TPSA) is 55.2 Å². The Hall–Kier alpha value is -0.940. The van der Waals surface area contributed by atoms with E-state index in [1.807, 2.05) is 33.0 Å². The van der Waals surface area contributed by atoms with Crippen LogP contribution >= 0.6 is 15.9 Å². The normalized spacial score (nSPS) is 14.4. The van der Waals surface area contributed by atoms with Crippen LogP contribution in [0.5, 0.6) is 0 Å². The van der Waals surface area contributed by atoms with Crippen molar-refractivity contribution in [3.63, 3.8) is 0 Å². The Bertz CT molecular complexity index is 409. The number of rotatable bonds is 5. The van der Waals surface area contributed by atoms with Crippen LogP contribution in [-0.4, -0.2) is 18.0 Å². The molecule has 1 aromatic rings. The number of nitrogens with one attached hydrogen (secondary N) is 1. The SMILES string of the molecule is CCC(c1ccc(Br)cc1[N+](=O)[O-])C(C)NC. The first-order chi connectivity index (χ1) is 8.01. The number of nitro benzene ring substituents is 1. The van der Waals surface area contributed by atoms with E-state index in [1.165, 1.54) is 0 Å². The van der Waals surface area contributed by atoms with E-state index < -0.39 is 0 Å². The van der Waals surface area contributed by atoms with Gasteiger partial charge in [0.15, 0.2) is 0 Å². The van der Waals surface area contributed by atoms with E-state index in [0.717, 1.165) is 16.5 Å². The van der Waals surface area contributed by atoms with Crippen molar-refractivity contribution in [2.24, 2.45) is 0 Å².